The molecule has 1 saturated carbocycles. The van der Waals surface area contributed by atoms with Gasteiger partial charge in [-0.05, 0) is 31.4 Å². The number of benzene rings is 1. The molecule has 2 N–H and O–H groups in total. The van der Waals surface area contributed by atoms with Crippen molar-refractivity contribution in [3.05, 3.63) is 68.0 Å². The average Bonchev–Trinajstić information content (AvgIpc) is 2.92. The van der Waals surface area contributed by atoms with Crippen molar-refractivity contribution in [3.8, 4) is 0 Å². The van der Waals surface area contributed by atoms with Crippen molar-refractivity contribution in [3.63, 3.8) is 0 Å². The van der Waals surface area contributed by atoms with Gasteiger partial charge in [0.25, 0.3) is 5.69 Å². The van der Waals surface area contributed by atoms with E-state index in [1.54, 1.807) is 6.07 Å². The number of amides is 2. The predicted octanol–water partition coefficient (Wildman–Crippen LogP) is 6.13. The first-order valence-electron chi connectivity index (χ1n) is 13.7. The molecular weight excluding hydrogens is 527 g/mol. The number of pyridine rings is 1. The predicted molar refractivity (Wildman–Crippen MR) is 150 cm³/mol. The number of nitro benzene ring substituents is 1. The number of hydrogen-bond donors (Lipinski definition) is 2. The third-order valence-corrected chi connectivity index (χ3v) is 6.73. The highest BCUT2D eigenvalue weighted by molar-refractivity contribution is 5.74. The molecule has 1 aromatic heterocycles. The molecule has 40 heavy (non-hydrogen) atoms. The summed E-state index contributed by atoms with van der Waals surface area (Å²) in [7, 11) is 0. The maximum absolute atomic E-state index is 12.3. The van der Waals surface area contributed by atoms with Gasteiger partial charge in [0.15, 0.2) is 0 Å². The highest BCUT2D eigenvalue weighted by atomic mass is 19.4. The second kappa shape index (κ2) is 15.9. The summed E-state index contributed by atoms with van der Waals surface area (Å²) in [6.07, 6.45) is 3.69. The minimum Gasteiger partial charge on any atom is -0.355 e. The molecule has 9 nitrogen and oxygen atoms in total. The number of carbonyl (C=O) groups is 1. The molecule has 0 unspecified atom stereocenters. The minimum atomic E-state index is -4.69. The topological polar surface area (TPSA) is 112 Å². The molecule has 0 atom stereocenters. The molecule has 0 spiro atoms. The molecule has 1 aliphatic heterocycles. The second-order valence-corrected chi connectivity index (χ2v) is 10.1. The van der Waals surface area contributed by atoms with Gasteiger partial charge in [-0.3, -0.25) is 14.9 Å². The summed E-state index contributed by atoms with van der Waals surface area (Å²) in [4.78, 5) is 39.0. The van der Waals surface area contributed by atoms with Gasteiger partial charge in [0.05, 0.1) is 4.92 Å². The Kier molecular flexibility index (Phi) is 13.0. The number of piperazine rings is 1. The Balaban J connectivity index is 0.000000233. The number of hydrogen-bond acceptors (Lipinski definition) is 5. The number of nitrogens with one attached hydrogen (secondary N) is 2. The molecule has 12 heteroatoms. The maximum atomic E-state index is 12.3. The highest BCUT2D eigenvalue weighted by Crippen LogP contribution is 2.36. The Bertz CT molecular complexity index is 1140. The summed E-state index contributed by atoms with van der Waals surface area (Å²) >= 11 is 0. The number of aryl methyl sites for hydroxylation is 1. The monoisotopic (exact) mass is 567 g/mol. The largest absolute Gasteiger partial charge is 0.423 e. The number of H-pyrrole nitrogens is 1. The number of carbonyl (C=O) groups excluding carboxylic acids is 1. The van der Waals surface area contributed by atoms with Crippen LogP contribution in [0.2, 0.25) is 0 Å². The van der Waals surface area contributed by atoms with Crippen LogP contribution < -0.4 is 15.8 Å². The van der Waals surface area contributed by atoms with Crippen molar-refractivity contribution < 1.29 is 22.9 Å². The van der Waals surface area contributed by atoms with Gasteiger partial charge >= 0.3 is 12.2 Å². The van der Waals surface area contributed by atoms with E-state index in [1.807, 2.05) is 17.9 Å². The van der Waals surface area contributed by atoms with Crippen LogP contribution in [0.25, 0.3) is 0 Å². The Hall–Kier alpha value is -3.57. The highest BCUT2D eigenvalue weighted by Gasteiger charge is 2.38. The first-order valence-corrected chi connectivity index (χ1v) is 13.7. The zero-order chi connectivity index (χ0) is 29.7. The molecular formula is C28H40F3N5O4. The van der Waals surface area contributed by atoms with Crippen LogP contribution in [0.1, 0.15) is 63.5 Å². The number of rotatable bonds is 4. The van der Waals surface area contributed by atoms with E-state index in [4.69, 9.17) is 0 Å². The van der Waals surface area contributed by atoms with Gasteiger partial charge in [-0.1, -0.05) is 63.6 Å². The third-order valence-electron chi connectivity index (χ3n) is 6.73. The van der Waals surface area contributed by atoms with E-state index in [-0.39, 0.29) is 11.6 Å². The molecule has 222 valence electrons. The van der Waals surface area contributed by atoms with E-state index in [0.717, 1.165) is 43.4 Å². The summed E-state index contributed by atoms with van der Waals surface area (Å²) in [6.45, 7) is 9.37. The van der Waals surface area contributed by atoms with E-state index in [2.05, 4.69) is 22.1 Å². The molecule has 1 aromatic carbocycles. The summed E-state index contributed by atoms with van der Waals surface area (Å²) in [5.74, 6) is 1.86. The Morgan fingerprint density at radius 2 is 1.75 bits per heavy atom. The second-order valence-electron chi connectivity index (χ2n) is 10.1. The van der Waals surface area contributed by atoms with E-state index in [1.165, 1.54) is 51.2 Å². The van der Waals surface area contributed by atoms with Crippen LogP contribution in [-0.2, 0) is 6.18 Å². The van der Waals surface area contributed by atoms with Crippen molar-refractivity contribution in [2.75, 3.05) is 37.6 Å². The smallest absolute Gasteiger partial charge is 0.355 e. The summed E-state index contributed by atoms with van der Waals surface area (Å²) in [5, 5.41) is 13.2. The lowest BCUT2D eigenvalue weighted by atomic mass is 9.91. The molecule has 2 heterocycles. The molecule has 2 aromatic rings. The Labute approximate surface area is 232 Å². The Morgan fingerprint density at radius 3 is 2.25 bits per heavy atom. The zero-order valence-electron chi connectivity index (χ0n) is 23.4. The van der Waals surface area contributed by atoms with E-state index >= 15 is 0 Å². The van der Waals surface area contributed by atoms with Crippen LogP contribution in [0.3, 0.4) is 0 Å². The summed E-state index contributed by atoms with van der Waals surface area (Å²) in [5.41, 5.74) is -1.88. The molecule has 0 radical (unpaired) electrons. The van der Waals surface area contributed by atoms with Crippen molar-refractivity contribution >= 4 is 17.5 Å². The van der Waals surface area contributed by atoms with Crippen molar-refractivity contribution in [1.29, 1.82) is 0 Å². The van der Waals surface area contributed by atoms with E-state index < -0.39 is 22.4 Å². The Morgan fingerprint density at radius 1 is 1.10 bits per heavy atom. The van der Waals surface area contributed by atoms with Crippen LogP contribution >= 0.6 is 0 Å². The molecule has 4 rings (SSSR count). The molecule has 1 aliphatic carbocycles. The van der Waals surface area contributed by atoms with Crippen LogP contribution in [0.15, 0.2) is 41.2 Å². The zero-order valence-corrected chi connectivity index (χ0v) is 23.4. The molecule has 2 aliphatic rings. The van der Waals surface area contributed by atoms with Crippen LogP contribution in [0, 0.1) is 23.0 Å². The van der Waals surface area contributed by atoms with Gasteiger partial charge < -0.3 is 20.1 Å². The fourth-order valence-corrected chi connectivity index (χ4v) is 4.46. The summed E-state index contributed by atoms with van der Waals surface area (Å²) in [6, 6.07) is 8.02. The lowest BCUT2D eigenvalue weighted by Gasteiger charge is -2.35. The normalized spacial score (nSPS) is 15.8. The SMILES string of the molecule is CC1CCCCC1.CCCNC(=O)N1CCN(c2cccc(=O)[nH]2)CC1.Cc1ccc([N+](=O)[O-])c(C(F)(F)F)c1. The number of aromatic amines is 1. The van der Waals surface area contributed by atoms with Gasteiger partial charge in [0.2, 0.25) is 5.56 Å². The first kappa shape index (κ1) is 32.6. The number of halogens is 3. The quantitative estimate of drug-likeness (QED) is 0.341. The molecule has 2 amide bonds. The summed E-state index contributed by atoms with van der Waals surface area (Å²) < 4.78 is 36.9. The lowest BCUT2D eigenvalue weighted by Crippen LogP contribution is -2.52. The molecule has 1 saturated heterocycles. The van der Waals surface area contributed by atoms with Crippen molar-refractivity contribution in [2.24, 2.45) is 5.92 Å². The van der Waals surface area contributed by atoms with Crippen LogP contribution in [-0.4, -0.2) is 53.6 Å². The van der Waals surface area contributed by atoms with Crippen molar-refractivity contribution in [2.45, 2.75) is 65.5 Å². The minimum absolute atomic E-state index is 0.00283. The standard InChI is InChI=1S/C13H20N4O2.C8H6F3NO2.C7H14/c1-2-6-14-13(19)17-9-7-16(8-10-17)11-4-3-5-12(18)15-11;1-5-2-3-7(12(13)14)6(4-5)8(9,10)11;1-7-5-3-2-4-6-7/h3-5H,2,6-10H2,1H3,(H,14,19)(H,15,18);2-4H,1H3;7H,2-6H2,1H3. The van der Waals surface area contributed by atoms with Gasteiger partial charge in [-0.15, -0.1) is 0 Å². The van der Waals surface area contributed by atoms with Gasteiger partial charge in [-0.25, -0.2) is 4.79 Å². The van der Waals surface area contributed by atoms with E-state index in [9.17, 15) is 32.9 Å². The van der Waals surface area contributed by atoms with Gasteiger partial charge in [0.1, 0.15) is 11.4 Å². The van der Waals surface area contributed by atoms with Gasteiger partial charge in [-0.2, -0.15) is 13.2 Å². The number of aromatic nitrogens is 1. The molecule has 2 fully saturated rings. The number of urea groups is 1. The van der Waals surface area contributed by atoms with Crippen LogP contribution in [0.5, 0.6) is 0 Å². The number of alkyl halides is 3. The average molecular weight is 568 g/mol. The fraction of sp³-hybridized carbons (Fsp3) is 0.571. The number of nitrogens with zero attached hydrogens (tertiary/aromatic N) is 3. The number of nitro groups is 1. The maximum Gasteiger partial charge on any atom is 0.423 e. The van der Waals surface area contributed by atoms with Crippen molar-refractivity contribution in [1.82, 2.24) is 15.2 Å². The first-order chi connectivity index (χ1) is 18.9. The number of anilines is 1. The fourth-order valence-electron chi connectivity index (χ4n) is 4.46. The van der Waals surface area contributed by atoms with E-state index in [0.29, 0.717) is 25.2 Å². The third kappa shape index (κ3) is 10.9. The van der Waals surface area contributed by atoms with Crippen LogP contribution in [0.4, 0.5) is 29.5 Å². The molecule has 0 bridgehead atoms. The van der Waals surface area contributed by atoms with Gasteiger partial charge in [0, 0.05) is 44.9 Å². The lowest BCUT2D eigenvalue weighted by molar-refractivity contribution is -0.388.